The third-order valence-electron chi connectivity index (χ3n) is 5.75. The largest absolute Gasteiger partial charge is 0.320 e. The average molecular weight is 326 g/mol. The van der Waals surface area contributed by atoms with E-state index < -0.39 is 0 Å². The minimum Gasteiger partial charge on any atom is -0.320 e. The first-order chi connectivity index (χ1) is 12.3. The SMILES string of the molecule is CNC1c2cc3c(cc2C(N)c2cc4ccccc4cc21)C=CCC3. The van der Waals surface area contributed by atoms with Gasteiger partial charge in [0.2, 0.25) is 0 Å². The van der Waals surface area contributed by atoms with Gasteiger partial charge in [0.15, 0.2) is 0 Å². The molecule has 2 atom stereocenters. The van der Waals surface area contributed by atoms with Crippen molar-refractivity contribution in [3.05, 3.63) is 88.0 Å². The van der Waals surface area contributed by atoms with Crippen LogP contribution in [-0.2, 0) is 6.42 Å². The minimum absolute atomic E-state index is 0.0696. The molecule has 0 aliphatic heterocycles. The van der Waals surface area contributed by atoms with E-state index in [0.29, 0.717) is 0 Å². The average Bonchev–Trinajstić information content (AvgIpc) is 2.66. The summed E-state index contributed by atoms with van der Waals surface area (Å²) in [4.78, 5) is 0. The van der Waals surface area contributed by atoms with Gasteiger partial charge >= 0.3 is 0 Å². The fourth-order valence-electron chi connectivity index (χ4n) is 4.48. The van der Waals surface area contributed by atoms with Crippen molar-refractivity contribution < 1.29 is 0 Å². The van der Waals surface area contributed by atoms with Crippen molar-refractivity contribution in [1.29, 1.82) is 0 Å². The van der Waals surface area contributed by atoms with Gasteiger partial charge in [-0.3, -0.25) is 0 Å². The standard InChI is InChI=1S/C23H22N2/c1-25-23-20-12-16-8-4-2-6-14(16)10-18(20)22(24)19-11-15-7-3-5-9-17(15)13-21(19)23/h2-4,6-8,10-13,22-23,25H,5,9,24H2,1H3. The summed E-state index contributed by atoms with van der Waals surface area (Å²) < 4.78 is 0. The summed E-state index contributed by atoms with van der Waals surface area (Å²) in [5, 5.41) is 6.07. The van der Waals surface area contributed by atoms with Gasteiger partial charge in [-0.2, -0.15) is 0 Å². The van der Waals surface area contributed by atoms with Crippen LogP contribution in [0.1, 0.15) is 51.9 Å². The van der Waals surface area contributed by atoms with E-state index in [1.807, 2.05) is 7.05 Å². The summed E-state index contributed by atoms with van der Waals surface area (Å²) in [5.74, 6) is 0. The van der Waals surface area contributed by atoms with Gasteiger partial charge in [0, 0.05) is 0 Å². The van der Waals surface area contributed by atoms with Gasteiger partial charge in [0.25, 0.3) is 0 Å². The Morgan fingerprint density at radius 3 is 2.36 bits per heavy atom. The van der Waals surface area contributed by atoms with Gasteiger partial charge in [0.05, 0.1) is 12.1 Å². The number of benzene rings is 3. The van der Waals surface area contributed by atoms with Crippen LogP contribution in [-0.4, -0.2) is 7.05 Å². The van der Waals surface area contributed by atoms with Crippen molar-refractivity contribution in [2.24, 2.45) is 5.73 Å². The molecule has 5 rings (SSSR count). The normalized spacial score (nSPS) is 20.9. The van der Waals surface area contributed by atoms with Crippen LogP contribution in [0, 0.1) is 0 Å². The lowest BCUT2D eigenvalue weighted by Gasteiger charge is -2.34. The molecule has 0 heterocycles. The summed E-state index contributed by atoms with van der Waals surface area (Å²) in [6, 6.07) is 18.0. The number of aryl methyl sites for hydroxylation is 1. The Hall–Kier alpha value is -2.42. The predicted molar refractivity (Wildman–Crippen MR) is 105 cm³/mol. The highest BCUT2D eigenvalue weighted by molar-refractivity contribution is 5.85. The highest BCUT2D eigenvalue weighted by atomic mass is 14.9. The monoisotopic (exact) mass is 326 g/mol. The molecule has 3 aromatic carbocycles. The Bertz CT molecular complexity index is 1020. The van der Waals surface area contributed by atoms with Crippen LogP contribution in [0.15, 0.2) is 54.6 Å². The molecule has 0 radical (unpaired) electrons. The Morgan fingerprint density at radius 1 is 0.920 bits per heavy atom. The fourth-order valence-corrected chi connectivity index (χ4v) is 4.48. The Kier molecular flexibility index (Phi) is 3.30. The van der Waals surface area contributed by atoms with E-state index in [0.717, 1.165) is 12.8 Å². The van der Waals surface area contributed by atoms with Crippen molar-refractivity contribution in [2.45, 2.75) is 24.9 Å². The second-order valence-electron chi connectivity index (χ2n) is 7.15. The quantitative estimate of drug-likeness (QED) is 0.692. The molecule has 2 aliphatic carbocycles. The third kappa shape index (κ3) is 2.18. The van der Waals surface area contributed by atoms with E-state index in [4.69, 9.17) is 5.73 Å². The molecule has 3 aromatic rings. The van der Waals surface area contributed by atoms with E-state index in [9.17, 15) is 0 Å². The first kappa shape index (κ1) is 14.9. The molecule has 0 spiro atoms. The number of hydrogen-bond donors (Lipinski definition) is 2. The number of hydrogen-bond acceptors (Lipinski definition) is 2. The molecule has 2 unspecified atom stereocenters. The minimum atomic E-state index is -0.0696. The first-order valence-electron chi connectivity index (χ1n) is 9.05. The second-order valence-corrected chi connectivity index (χ2v) is 7.15. The topological polar surface area (TPSA) is 38.0 Å². The molecule has 0 saturated heterocycles. The predicted octanol–water partition coefficient (Wildman–Crippen LogP) is 4.47. The molecule has 0 fully saturated rings. The molecular weight excluding hydrogens is 304 g/mol. The molecule has 0 saturated carbocycles. The van der Waals surface area contributed by atoms with Crippen molar-refractivity contribution in [3.63, 3.8) is 0 Å². The molecule has 0 bridgehead atoms. The van der Waals surface area contributed by atoms with Crippen LogP contribution < -0.4 is 11.1 Å². The van der Waals surface area contributed by atoms with Gasteiger partial charge in [-0.15, -0.1) is 0 Å². The van der Waals surface area contributed by atoms with E-state index in [2.05, 4.69) is 66.0 Å². The maximum atomic E-state index is 6.75. The van der Waals surface area contributed by atoms with Crippen LogP contribution in [0.25, 0.3) is 16.8 Å². The van der Waals surface area contributed by atoms with Crippen LogP contribution in [0.4, 0.5) is 0 Å². The molecule has 2 heteroatoms. The van der Waals surface area contributed by atoms with Crippen molar-refractivity contribution >= 4 is 16.8 Å². The summed E-state index contributed by atoms with van der Waals surface area (Å²) in [7, 11) is 2.05. The van der Waals surface area contributed by atoms with E-state index >= 15 is 0 Å². The third-order valence-corrected chi connectivity index (χ3v) is 5.75. The first-order valence-corrected chi connectivity index (χ1v) is 9.05. The molecule has 0 amide bonds. The summed E-state index contributed by atoms with van der Waals surface area (Å²) in [6.45, 7) is 0. The molecule has 2 aliphatic rings. The van der Waals surface area contributed by atoms with Gasteiger partial charge in [-0.1, -0.05) is 42.5 Å². The van der Waals surface area contributed by atoms with E-state index in [1.165, 1.54) is 44.2 Å². The maximum Gasteiger partial charge on any atom is 0.0581 e. The molecule has 2 nitrogen and oxygen atoms in total. The van der Waals surface area contributed by atoms with Gasteiger partial charge in [0.1, 0.15) is 0 Å². The zero-order valence-corrected chi connectivity index (χ0v) is 14.4. The van der Waals surface area contributed by atoms with E-state index in [1.54, 1.807) is 0 Å². The number of nitrogens with one attached hydrogen (secondary N) is 1. The zero-order chi connectivity index (χ0) is 17.0. The van der Waals surface area contributed by atoms with Crippen molar-refractivity contribution in [2.75, 3.05) is 7.05 Å². The van der Waals surface area contributed by atoms with Crippen LogP contribution in [0.3, 0.4) is 0 Å². The summed E-state index contributed by atoms with van der Waals surface area (Å²) in [5.41, 5.74) is 14.7. The van der Waals surface area contributed by atoms with Crippen LogP contribution in [0.5, 0.6) is 0 Å². The van der Waals surface area contributed by atoms with Crippen LogP contribution >= 0.6 is 0 Å². The zero-order valence-electron chi connectivity index (χ0n) is 14.4. The van der Waals surface area contributed by atoms with E-state index in [-0.39, 0.29) is 12.1 Å². The molecule has 3 N–H and O–H groups in total. The lowest BCUT2D eigenvalue weighted by molar-refractivity contribution is 0.635. The number of nitrogens with two attached hydrogens (primary N) is 1. The molecule has 25 heavy (non-hydrogen) atoms. The Labute approximate surface area is 148 Å². The maximum absolute atomic E-state index is 6.75. The smallest absolute Gasteiger partial charge is 0.0581 e. The van der Waals surface area contributed by atoms with Gasteiger partial charge < -0.3 is 11.1 Å². The van der Waals surface area contributed by atoms with Crippen LogP contribution in [0.2, 0.25) is 0 Å². The lowest BCUT2D eigenvalue weighted by Crippen LogP contribution is -2.30. The van der Waals surface area contributed by atoms with Crippen molar-refractivity contribution in [3.8, 4) is 0 Å². The van der Waals surface area contributed by atoms with Gasteiger partial charge in [-0.25, -0.2) is 0 Å². The molecular formula is C23H22N2. The number of fused-ring (bicyclic) bond motifs is 4. The summed E-state index contributed by atoms with van der Waals surface area (Å²) in [6.07, 6.45) is 6.76. The molecule has 124 valence electrons. The number of rotatable bonds is 1. The second kappa shape index (κ2) is 5.55. The Balaban J connectivity index is 1.77. The fraction of sp³-hybridized carbons (Fsp3) is 0.217. The highest BCUT2D eigenvalue weighted by Gasteiger charge is 2.31. The van der Waals surface area contributed by atoms with Gasteiger partial charge in [-0.05, 0) is 82.2 Å². The number of allylic oxidation sites excluding steroid dienone is 1. The van der Waals surface area contributed by atoms with Crippen molar-refractivity contribution in [1.82, 2.24) is 5.32 Å². The summed E-state index contributed by atoms with van der Waals surface area (Å²) >= 11 is 0. The Morgan fingerprint density at radius 2 is 1.60 bits per heavy atom. The molecule has 0 aromatic heterocycles. The highest BCUT2D eigenvalue weighted by Crippen LogP contribution is 2.43. The lowest BCUT2D eigenvalue weighted by atomic mass is 9.76.